The molecule has 1 aliphatic rings. The first-order valence-electron chi connectivity index (χ1n) is 7.55. The number of rotatable bonds is 6. The number of phosphoric ester groups is 1. The summed E-state index contributed by atoms with van der Waals surface area (Å²) < 4.78 is 22.1. The lowest BCUT2D eigenvalue weighted by Gasteiger charge is -2.16. The molecule has 0 saturated carbocycles. The maximum Gasteiger partial charge on any atom is 0.469 e. The first-order valence-corrected chi connectivity index (χ1v) is 10.1. The summed E-state index contributed by atoms with van der Waals surface area (Å²) >= 11 is 1.37. The van der Waals surface area contributed by atoms with Crippen molar-refractivity contribution in [2.45, 2.75) is 36.6 Å². The summed E-state index contributed by atoms with van der Waals surface area (Å²) in [5, 5.41) is 20.8. The molecule has 14 heteroatoms. The highest BCUT2D eigenvalue weighted by Gasteiger charge is 2.45. The van der Waals surface area contributed by atoms with E-state index in [1.54, 1.807) is 0 Å². The lowest BCUT2D eigenvalue weighted by molar-refractivity contribution is -0.0504. The van der Waals surface area contributed by atoms with Crippen LogP contribution in [0.3, 0.4) is 0 Å². The number of hydrogen-bond donors (Lipinski definition) is 5. The van der Waals surface area contributed by atoms with E-state index in [0.717, 1.165) is 5.75 Å². The first kappa shape index (κ1) is 19.5. The number of fused-ring (bicyclic) bond motifs is 1. The van der Waals surface area contributed by atoms with Crippen LogP contribution in [-0.4, -0.2) is 70.2 Å². The average molecular weight is 407 g/mol. The molecule has 3 rings (SSSR count). The number of imidazole rings is 1. The highest BCUT2D eigenvalue weighted by atomic mass is 32.2. The molecule has 3 heterocycles. The molecule has 1 fully saturated rings. The van der Waals surface area contributed by atoms with Crippen molar-refractivity contribution in [3.63, 3.8) is 0 Å². The number of nitrogens with zero attached hydrogens (tertiary/aromatic N) is 4. The summed E-state index contributed by atoms with van der Waals surface area (Å²) in [6, 6.07) is 0. The summed E-state index contributed by atoms with van der Waals surface area (Å²) in [5.74, 6) is 0.890. The van der Waals surface area contributed by atoms with Gasteiger partial charge in [-0.1, -0.05) is 18.7 Å². The van der Waals surface area contributed by atoms with Crippen molar-refractivity contribution < 1.29 is 33.8 Å². The molecule has 2 unspecified atom stereocenters. The second-order valence-electron chi connectivity index (χ2n) is 5.48. The van der Waals surface area contributed by atoms with Gasteiger partial charge in [-0.15, -0.1) is 0 Å². The molecule has 1 aliphatic heterocycles. The minimum absolute atomic E-state index is 0.166. The van der Waals surface area contributed by atoms with Crippen LogP contribution in [0.25, 0.3) is 11.2 Å². The number of anilines is 1. The lowest BCUT2D eigenvalue weighted by atomic mass is 10.1. The number of nitrogen functional groups attached to an aromatic ring is 1. The smallest absolute Gasteiger partial charge is 0.387 e. The lowest BCUT2D eigenvalue weighted by Crippen LogP contribution is -2.33. The fraction of sp³-hybridized carbons (Fsp3) is 0.583. The quantitative estimate of drug-likeness (QED) is 0.229. The van der Waals surface area contributed by atoms with Crippen LogP contribution in [0.2, 0.25) is 0 Å². The van der Waals surface area contributed by atoms with Gasteiger partial charge in [-0.2, -0.15) is 0 Å². The van der Waals surface area contributed by atoms with Gasteiger partial charge < -0.3 is 30.5 Å². The van der Waals surface area contributed by atoms with Crippen LogP contribution in [0, 0.1) is 0 Å². The topological polar surface area (TPSA) is 186 Å². The van der Waals surface area contributed by atoms with Crippen LogP contribution in [0.5, 0.6) is 0 Å². The van der Waals surface area contributed by atoms with Crippen molar-refractivity contribution in [2.24, 2.45) is 0 Å². The van der Waals surface area contributed by atoms with Gasteiger partial charge in [0.1, 0.15) is 23.8 Å². The number of aliphatic hydroxyl groups excluding tert-OH is 2. The zero-order valence-electron chi connectivity index (χ0n) is 13.5. The molecule has 0 radical (unpaired) electrons. The number of phosphoric acid groups is 1. The second kappa shape index (κ2) is 7.37. The van der Waals surface area contributed by atoms with Crippen molar-refractivity contribution in [1.29, 1.82) is 0 Å². The van der Waals surface area contributed by atoms with E-state index in [1.165, 1.54) is 22.7 Å². The largest absolute Gasteiger partial charge is 0.469 e. The predicted molar refractivity (Wildman–Crippen MR) is 90.1 cm³/mol. The Morgan fingerprint density at radius 1 is 1.38 bits per heavy atom. The summed E-state index contributed by atoms with van der Waals surface area (Å²) in [5.41, 5.74) is 6.50. The fourth-order valence-electron chi connectivity index (χ4n) is 2.56. The summed E-state index contributed by atoms with van der Waals surface area (Å²) in [6.07, 6.45) is -3.72. The number of ether oxygens (including phenoxy) is 1. The van der Waals surface area contributed by atoms with Crippen LogP contribution < -0.4 is 5.73 Å². The maximum atomic E-state index is 10.8. The fourth-order valence-corrected chi connectivity index (χ4v) is 3.48. The summed E-state index contributed by atoms with van der Waals surface area (Å²) in [7, 11) is -4.74. The zero-order chi connectivity index (χ0) is 19.1. The Morgan fingerprint density at radius 3 is 2.77 bits per heavy atom. The standard InChI is InChI=1S/C12H18N5O7PS/c1-2-26-12-15-9(13)6-10(16-12)17(4-14-6)11-8(19)7(18)5(24-11)3-23-25(20,21)22/h4-5,7-8,11,18-19H,2-3H2,1H3,(H2,13,15,16)(H2,20,21,22)/t5-,7?,8?,11-/m1/s1. The highest BCUT2D eigenvalue weighted by molar-refractivity contribution is 7.99. The van der Waals surface area contributed by atoms with Gasteiger partial charge in [0.05, 0.1) is 12.9 Å². The molecule has 2 aromatic rings. The van der Waals surface area contributed by atoms with Crippen LogP contribution in [0.4, 0.5) is 5.82 Å². The Kier molecular flexibility index (Phi) is 5.51. The molecule has 26 heavy (non-hydrogen) atoms. The molecule has 12 nitrogen and oxygen atoms in total. The molecule has 2 aromatic heterocycles. The maximum absolute atomic E-state index is 10.8. The van der Waals surface area contributed by atoms with E-state index in [0.29, 0.717) is 16.3 Å². The molecule has 0 bridgehead atoms. The Labute approximate surface area is 151 Å². The summed E-state index contributed by atoms with van der Waals surface area (Å²) in [6.45, 7) is 1.33. The van der Waals surface area contributed by atoms with Crippen molar-refractivity contribution >= 4 is 36.6 Å². The monoisotopic (exact) mass is 407 g/mol. The molecule has 6 N–H and O–H groups in total. The average Bonchev–Trinajstić information content (AvgIpc) is 3.08. The van der Waals surface area contributed by atoms with Gasteiger partial charge in [0, 0.05) is 0 Å². The number of hydrogen-bond acceptors (Lipinski definition) is 10. The Balaban J connectivity index is 1.90. The third kappa shape index (κ3) is 3.85. The van der Waals surface area contributed by atoms with Gasteiger partial charge in [0.25, 0.3) is 0 Å². The van der Waals surface area contributed by atoms with E-state index in [-0.39, 0.29) is 5.82 Å². The Hall–Kier alpha value is -1.31. The SMILES string of the molecule is CCSc1nc(N)c2ncn([C@@H]3O[C@H](COP(=O)(O)O)C(O)C3O)c2n1. The van der Waals surface area contributed by atoms with Crippen molar-refractivity contribution in [1.82, 2.24) is 19.5 Å². The normalized spacial score (nSPS) is 26.7. The zero-order valence-corrected chi connectivity index (χ0v) is 15.2. The van der Waals surface area contributed by atoms with Crippen molar-refractivity contribution in [3.8, 4) is 0 Å². The second-order valence-corrected chi connectivity index (χ2v) is 7.95. The van der Waals surface area contributed by atoms with Gasteiger partial charge in [0.2, 0.25) is 0 Å². The molecule has 1 saturated heterocycles. The predicted octanol–water partition coefficient (Wildman–Crippen LogP) is -0.751. The van der Waals surface area contributed by atoms with E-state index in [9.17, 15) is 14.8 Å². The molecule has 0 aliphatic carbocycles. The number of nitrogens with two attached hydrogens (primary N) is 1. The Morgan fingerprint density at radius 2 is 2.12 bits per heavy atom. The minimum Gasteiger partial charge on any atom is -0.387 e. The summed E-state index contributed by atoms with van der Waals surface area (Å²) in [4.78, 5) is 30.1. The highest BCUT2D eigenvalue weighted by Crippen LogP contribution is 2.39. The van der Waals surface area contributed by atoms with Gasteiger partial charge in [-0.05, 0) is 5.75 Å². The Bertz CT molecular complexity index is 845. The molecule has 144 valence electrons. The molecular weight excluding hydrogens is 389 g/mol. The van der Waals surface area contributed by atoms with Gasteiger partial charge >= 0.3 is 7.82 Å². The minimum atomic E-state index is -4.74. The number of thioether (sulfide) groups is 1. The molecular formula is C12H18N5O7PS. The molecule has 4 atom stereocenters. The van der Waals surface area contributed by atoms with E-state index in [1.807, 2.05) is 6.92 Å². The van der Waals surface area contributed by atoms with Gasteiger partial charge in [-0.3, -0.25) is 9.09 Å². The van der Waals surface area contributed by atoms with Gasteiger partial charge in [0.15, 0.2) is 22.8 Å². The van der Waals surface area contributed by atoms with Crippen molar-refractivity contribution in [2.75, 3.05) is 18.1 Å². The van der Waals surface area contributed by atoms with Crippen LogP contribution >= 0.6 is 19.6 Å². The third-order valence-corrected chi connectivity index (χ3v) is 4.93. The molecule has 0 aromatic carbocycles. The van der Waals surface area contributed by atoms with Crippen LogP contribution in [0.1, 0.15) is 13.2 Å². The van der Waals surface area contributed by atoms with Crippen molar-refractivity contribution in [3.05, 3.63) is 6.33 Å². The number of aromatic nitrogens is 4. The number of aliphatic hydroxyl groups is 2. The van der Waals surface area contributed by atoms with E-state index in [2.05, 4.69) is 19.5 Å². The third-order valence-electron chi connectivity index (χ3n) is 3.72. The first-order chi connectivity index (χ1) is 12.2. The molecule has 0 amide bonds. The van der Waals surface area contributed by atoms with Gasteiger partial charge in [-0.25, -0.2) is 19.5 Å². The van der Waals surface area contributed by atoms with E-state index >= 15 is 0 Å². The van der Waals surface area contributed by atoms with Crippen LogP contribution in [0.15, 0.2) is 11.5 Å². The van der Waals surface area contributed by atoms with Crippen LogP contribution in [-0.2, 0) is 13.8 Å². The van der Waals surface area contributed by atoms with E-state index in [4.69, 9.17) is 20.3 Å². The molecule has 0 spiro atoms. The van der Waals surface area contributed by atoms with E-state index < -0.39 is 39.0 Å².